The van der Waals surface area contributed by atoms with Gasteiger partial charge in [0.05, 0.1) is 11.4 Å². The highest BCUT2D eigenvalue weighted by Gasteiger charge is 2.36. The Labute approximate surface area is 232 Å². The van der Waals surface area contributed by atoms with Gasteiger partial charge in [-0.05, 0) is 97.5 Å². The molecule has 0 heterocycles. The number of azo groups is 2. The predicted molar refractivity (Wildman–Crippen MR) is 159 cm³/mol. The number of rotatable bonds is 7. The number of aryl methyl sites for hydroxylation is 2. The average molecular weight is 521 g/mol. The second-order valence-corrected chi connectivity index (χ2v) is 11.3. The first kappa shape index (κ1) is 27.0. The molecule has 0 aliphatic heterocycles. The average Bonchev–Trinajstić information content (AvgIpc) is 2.97. The van der Waals surface area contributed by atoms with Crippen LogP contribution in [0.15, 0.2) is 87.8 Å². The zero-order valence-electron chi connectivity index (χ0n) is 23.4. The molecule has 5 heteroatoms. The van der Waals surface area contributed by atoms with Gasteiger partial charge in [-0.15, -0.1) is 5.11 Å². The molecule has 0 bridgehead atoms. The summed E-state index contributed by atoms with van der Waals surface area (Å²) in [4.78, 5) is 0. The van der Waals surface area contributed by atoms with Gasteiger partial charge in [0, 0.05) is 11.6 Å². The molecule has 0 atom stereocenters. The maximum absolute atomic E-state index is 10.5. The number of phenolic OH excluding ortho intramolecular Hbond substituents is 1. The van der Waals surface area contributed by atoms with E-state index in [1.807, 2.05) is 12.1 Å². The number of hydrogen-bond donors (Lipinski definition) is 1. The molecule has 3 aromatic rings. The van der Waals surface area contributed by atoms with Crippen LogP contribution in [-0.4, -0.2) is 5.11 Å². The van der Waals surface area contributed by atoms with E-state index in [1.54, 1.807) is 6.07 Å². The van der Waals surface area contributed by atoms with Gasteiger partial charge in [-0.25, -0.2) is 0 Å². The number of benzene rings is 3. The lowest BCUT2D eigenvalue weighted by Gasteiger charge is -2.39. The Balaban J connectivity index is 1.43. The lowest BCUT2D eigenvalue weighted by Crippen LogP contribution is -2.30. The summed E-state index contributed by atoms with van der Waals surface area (Å²) in [5.74, 6) is 0.740. The lowest BCUT2D eigenvalue weighted by atomic mass is 9.65. The molecule has 39 heavy (non-hydrogen) atoms. The largest absolute Gasteiger partial charge is 0.506 e. The van der Waals surface area contributed by atoms with Crippen LogP contribution in [0.25, 0.3) is 0 Å². The van der Waals surface area contributed by atoms with E-state index in [-0.39, 0.29) is 11.2 Å². The van der Waals surface area contributed by atoms with E-state index in [0.717, 1.165) is 35.3 Å². The molecule has 5 nitrogen and oxygen atoms in total. The summed E-state index contributed by atoms with van der Waals surface area (Å²) >= 11 is 0. The fourth-order valence-corrected chi connectivity index (χ4v) is 6.55. The van der Waals surface area contributed by atoms with Gasteiger partial charge in [0.1, 0.15) is 11.4 Å². The molecule has 0 spiro atoms. The minimum Gasteiger partial charge on any atom is -0.506 e. The SMILES string of the molecule is C=CN=Nc1ccc(C2(c3ccc(N=Nc4cc(C5CCCCC5)ccc4O)c(C)c3)CCCCC2)cc1C. The highest BCUT2D eigenvalue weighted by molar-refractivity contribution is 5.56. The first-order chi connectivity index (χ1) is 19.0. The molecule has 0 saturated heterocycles. The van der Waals surface area contributed by atoms with Crippen molar-refractivity contribution in [3.63, 3.8) is 0 Å². The van der Waals surface area contributed by atoms with Crippen molar-refractivity contribution in [2.75, 3.05) is 0 Å². The molecule has 2 fully saturated rings. The fraction of sp³-hybridized carbons (Fsp3) is 0.412. The van der Waals surface area contributed by atoms with Crippen LogP contribution in [0.4, 0.5) is 17.1 Å². The Kier molecular flexibility index (Phi) is 8.35. The van der Waals surface area contributed by atoms with Crippen molar-refractivity contribution in [1.29, 1.82) is 0 Å². The molecule has 3 aromatic carbocycles. The van der Waals surface area contributed by atoms with Gasteiger partial charge in [-0.3, -0.25) is 0 Å². The van der Waals surface area contributed by atoms with E-state index in [0.29, 0.717) is 11.6 Å². The van der Waals surface area contributed by atoms with Crippen LogP contribution in [-0.2, 0) is 5.41 Å². The van der Waals surface area contributed by atoms with Gasteiger partial charge in [0.15, 0.2) is 0 Å². The molecule has 1 N–H and O–H groups in total. The lowest BCUT2D eigenvalue weighted by molar-refractivity contribution is 0.346. The summed E-state index contributed by atoms with van der Waals surface area (Å²) in [7, 11) is 0. The van der Waals surface area contributed by atoms with Gasteiger partial charge in [-0.1, -0.05) is 75.4 Å². The van der Waals surface area contributed by atoms with Crippen LogP contribution < -0.4 is 0 Å². The van der Waals surface area contributed by atoms with Crippen molar-refractivity contribution in [3.05, 3.63) is 95.2 Å². The molecule has 202 valence electrons. The van der Waals surface area contributed by atoms with Gasteiger partial charge >= 0.3 is 0 Å². The molecule has 0 aromatic heterocycles. The van der Waals surface area contributed by atoms with E-state index in [2.05, 4.69) is 77.3 Å². The Morgan fingerprint density at radius 3 is 1.92 bits per heavy atom. The fourth-order valence-electron chi connectivity index (χ4n) is 6.55. The van der Waals surface area contributed by atoms with Crippen LogP contribution >= 0.6 is 0 Å². The van der Waals surface area contributed by atoms with Crippen LogP contribution in [0.1, 0.15) is 97.9 Å². The molecule has 0 amide bonds. The van der Waals surface area contributed by atoms with Crippen molar-refractivity contribution >= 4 is 17.1 Å². The molecule has 2 aliphatic rings. The minimum atomic E-state index is -0.0237. The summed E-state index contributed by atoms with van der Waals surface area (Å²) in [6.45, 7) is 7.84. The summed E-state index contributed by atoms with van der Waals surface area (Å²) in [6.07, 6.45) is 13.7. The third-order valence-electron chi connectivity index (χ3n) is 8.79. The second-order valence-electron chi connectivity index (χ2n) is 11.3. The van der Waals surface area contributed by atoms with Crippen LogP contribution in [0.2, 0.25) is 0 Å². The van der Waals surface area contributed by atoms with E-state index in [9.17, 15) is 5.11 Å². The van der Waals surface area contributed by atoms with Gasteiger partial charge in [-0.2, -0.15) is 15.3 Å². The van der Waals surface area contributed by atoms with E-state index < -0.39 is 0 Å². The van der Waals surface area contributed by atoms with Crippen molar-refractivity contribution in [2.45, 2.75) is 89.4 Å². The molecular weight excluding hydrogens is 480 g/mol. The molecule has 2 aliphatic carbocycles. The molecule has 5 rings (SSSR count). The Morgan fingerprint density at radius 2 is 1.31 bits per heavy atom. The Morgan fingerprint density at radius 1 is 0.718 bits per heavy atom. The summed E-state index contributed by atoms with van der Waals surface area (Å²) < 4.78 is 0. The second kappa shape index (κ2) is 12.1. The number of phenols is 1. The van der Waals surface area contributed by atoms with Crippen molar-refractivity contribution in [2.24, 2.45) is 20.5 Å². The molecule has 2 saturated carbocycles. The number of aromatic hydroxyl groups is 1. The highest BCUT2D eigenvalue weighted by atomic mass is 16.3. The number of hydrogen-bond acceptors (Lipinski definition) is 5. The van der Waals surface area contributed by atoms with E-state index in [4.69, 9.17) is 0 Å². The molecule has 0 unspecified atom stereocenters. The maximum atomic E-state index is 10.5. The highest BCUT2D eigenvalue weighted by Crippen LogP contribution is 2.47. The minimum absolute atomic E-state index is 0.0237. The normalized spacial score (nSPS) is 18.1. The van der Waals surface area contributed by atoms with Gasteiger partial charge in [0.25, 0.3) is 0 Å². The molecular formula is C34H40N4O. The summed E-state index contributed by atoms with van der Waals surface area (Å²) in [5, 5.41) is 27.8. The topological polar surface area (TPSA) is 69.7 Å². The van der Waals surface area contributed by atoms with Crippen molar-refractivity contribution in [1.82, 2.24) is 0 Å². The summed E-state index contributed by atoms with van der Waals surface area (Å²) in [6, 6.07) is 19.0. The first-order valence-electron chi connectivity index (χ1n) is 14.5. The number of nitrogens with zero attached hydrogens (tertiary/aromatic N) is 4. The zero-order valence-corrected chi connectivity index (χ0v) is 23.4. The quantitative estimate of drug-likeness (QED) is 0.309. The molecule has 0 radical (unpaired) electrons. The monoisotopic (exact) mass is 520 g/mol. The third-order valence-corrected chi connectivity index (χ3v) is 8.79. The van der Waals surface area contributed by atoms with E-state index in [1.165, 1.54) is 74.3 Å². The standard InChI is InChI=1S/C34H40N4O/c1-4-35-36-30-16-14-28(21-24(30)2)34(19-9-6-10-20-34)29-15-17-31(25(3)22-29)37-38-32-23-27(13-18-33(32)39)26-11-7-5-8-12-26/h4,13-18,21-23,26,39H,1,5-12,19-20H2,2-3H3. The Bertz CT molecular complexity index is 1380. The maximum Gasteiger partial charge on any atom is 0.143 e. The summed E-state index contributed by atoms with van der Waals surface area (Å²) in [5.41, 5.74) is 8.41. The third kappa shape index (κ3) is 5.88. The smallest absolute Gasteiger partial charge is 0.143 e. The predicted octanol–water partition coefficient (Wildman–Crippen LogP) is 10.9. The van der Waals surface area contributed by atoms with Gasteiger partial charge < -0.3 is 5.11 Å². The Hall–Kier alpha value is -3.60. The van der Waals surface area contributed by atoms with E-state index >= 15 is 0 Å². The van der Waals surface area contributed by atoms with Crippen LogP contribution in [0.3, 0.4) is 0 Å². The van der Waals surface area contributed by atoms with Crippen molar-refractivity contribution < 1.29 is 5.11 Å². The van der Waals surface area contributed by atoms with Crippen molar-refractivity contribution in [3.8, 4) is 5.75 Å². The van der Waals surface area contributed by atoms with Crippen LogP contribution in [0.5, 0.6) is 5.75 Å². The first-order valence-corrected chi connectivity index (χ1v) is 14.5. The van der Waals surface area contributed by atoms with Crippen LogP contribution in [0, 0.1) is 13.8 Å². The zero-order chi connectivity index (χ0) is 27.2. The van der Waals surface area contributed by atoms with Gasteiger partial charge in [0.2, 0.25) is 0 Å².